The standard InChI is InChI=1S/C23H28F2N4/c24-17-1-4-19(5-2-17)29-22-6-3-18(25)15-20(22)21-16-28(10-7-23(21)29)14-13-27-11-8-26-9-12-27/h1-6,15,21,23,26H,7-14,16H2/t21-,23+/m0/s1. The highest BCUT2D eigenvalue weighted by atomic mass is 19.1. The summed E-state index contributed by atoms with van der Waals surface area (Å²) < 4.78 is 27.6. The summed E-state index contributed by atoms with van der Waals surface area (Å²) >= 11 is 0. The van der Waals surface area contributed by atoms with Gasteiger partial charge >= 0.3 is 0 Å². The number of piperazine rings is 1. The molecule has 6 heteroatoms. The van der Waals surface area contributed by atoms with Crippen molar-refractivity contribution >= 4 is 11.4 Å². The van der Waals surface area contributed by atoms with Crippen LogP contribution in [-0.4, -0.2) is 68.2 Å². The van der Waals surface area contributed by atoms with Crippen LogP contribution in [0.3, 0.4) is 0 Å². The highest BCUT2D eigenvalue weighted by Gasteiger charge is 2.42. The Morgan fingerprint density at radius 3 is 2.38 bits per heavy atom. The molecule has 5 rings (SSSR count). The highest BCUT2D eigenvalue weighted by Crippen LogP contribution is 2.48. The second-order valence-corrected chi connectivity index (χ2v) is 8.40. The number of benzene rings is 2. The van der Waals surface area contributed by atoms with Gasteiger partial charge in [0, 0.05) is 75.7 Å². The van der Waals surface area contributed by atoms with Crippen LogP contribution >= 0.6 is 0 Å². The van der Waals surface area contributed by atoms with Crippen molar-refractivity contribution in [3.63, 3.8) is 0 Å². The molecule has 0 aliphatic carbocycles. The van der Waals surface area contributed by atoms with Gasteiger partial charge in [0.15, 0.2) is 0 Å². The van der Waals surface area contributed by atoms with Gasteiger partial charge < -0.3 is 15.1 Å². The molecule has 0 radical (unpaired) electrons. The van der Waals surface area contributed by atoms with E-state index in [0.29, 0.717) is 6.04 Å². The summed E-state index contributed by atoms with van der Waals surface area (Å²) in [6.07, 6.45) is 1.03. The maximum Gasteiger partial charge on any atom is 0.123 e. The monoisotopic (exact) mass is 398 g/mol. The van der Waals surface area contributed by atoms with Crippen LogP contribution in [0.25, 0.3) is 0 Å². The van der Waals surface area contributed by atoms with E-state index in [-0.39, 0.29) is 17.6 Å². The maximum atomic E-state index is 14.1. The Hall–Kier alpha value is -2.02. The summed E-state index contributed by atoms with van der Waals surface area (Å²) in [5.74, 6) is -0.129. The third kappa shape index (κ3) is 3.77. The third-order valence-corrected chi connectivity index (χ3v) is 6.69. The van der Waals surface area contributed by atoms with Gasteiger partial charge in [-0.2, -0.15) is 0 Å². The Morgan fingerprint density at radius 2 is 1.59 bits per heavy atom. The summed E-state index contributed by atoms with van der Waals surface area (Å²) in [6, 6.07) is 12.1. The zero-order chi connectivity index (χ0) is 19.8. The number of nitrogens with zero attached hydrogens (tertiary/aromatic N) is 3. The van der Waals surface area contributed by atoms with Crippen LogP contribution in [0.4, 0.5) is 20.2 Å². The summed E-state index contributed by atoms with van der Waals surface area (Å²) in [4.78, 5) is 7.36. The summed E-state index contributed by atoms with van der Waals surface area (Å²) in [6.45, 7) is 8.53. The van der Waals surface area contributed by atoms with E-state index in [2.05, 4.69) is 20.0 Å². The lowest BCUT2D eigenvalue weighted by atomic mass is 9.89. The molecule has 1 N–H and O–H groups in total. The van der Waals surface area contributed by atoms with Crippen molar-refractivity contribution in [1.29, 1.82) is 0 Å². The molecule has 3 aliphatic rings. The number of nitrogens with one attached hydrogen (secondary N) is 1. The third-order valence-electron chi connectivity index (χ3n) is 6.69. The number of likely N-dealkylation sites (tertiary alicyclic amines) is 1. The fraction of sp³-hybridized carbons (Fsp3) is 0.478. The van der Waals surface area contributed by atoms with Crippen LogP contribution in [0.1, 0.15) is 17.9 Å². The number of rotatable bonds is 4. The van der Waals surface area contributed by atoms with E-state index in [9.17, 15) is 8.78 Å². The van der Waals surface area contributed by atoms with Crippen molar-refractivity contribution in [2.75, 3.05) is 57.3 Å². The fourth-order valence-electron chi connectivity index (χ4n) is 5.20. The average Bonchev–Trinajstić information content (AvgIpc) is 3.06. The summed E-state index contributed by atoms with van der Waals surface area (Å²) in [7, 11) is 0. The minimum atomic E-state index is -0.230. The van der Waals surface area contributed by atoms with Crippen molar-refractivity contribution in [1.82, 2.24) is 15.1 Å². The minimum absolute atomic E-state index is 0.179. The van der Waals surface area contributed by atoms with E-state index in [1.807, 2.05) is 18.2 Å². The molecule has 2 saturated heterocycles. The lowest BCUT2D eigenvalue weighted by Gasteiger charge is -2.40. The SMILES string of the molecule is Fc1ccc(N2c3ccc(F)cc3[C@@H]3CN(CCN4CCNCC4)CC[C@H]32)cc1. The lowest BCUT2D eigenvalue weighted by molar-refractivity contribution is 0.155. The van der Waals surface area contributed by atoms with Crippen molar-refractivity contribution < 1.29 is 8.78 Å². The number of piperidine rings is 1. The van der Waals surface area contributed by atoms with Crippen molar-refractivity contribution in [2.24, 2.45) is 0 Å². The Labute approximate surface area is 171 Å². The molecular weight excluding hydrogens is 370 g/mol. The number of hydrogen-bond donors (Lipinski definition) is 1. The smallest absolute Gasteiger partial charge is 0.123 e. The van der Waals surface area contributed by atoms with Gasteiger partial charge in [-0.1, -0.05) is 0 Å². The second kappa shape index (κ2) is 8.01. The predicted molar refractivity (Wildman–Crippen MR) is 112 cm³/mol. The summed E-state index contributed by atoms with van der Waals surface area (Å²) in [5.41, 5.74) is 3.14. The maximum absolute atomic E-state index is 14.1. The van der Waals surface area contributed by atoms with E-state index < -0.39 is 0 Å². The van der Waals surface area contributed by atoms with Gasteiger partial charge in [0.25, 0.3) is 0 Å². The van der Waals surface area contributed by atoms with E-state index in [0.717, 1.165) is 75.7 Å². The molecule has 0 spiro atoms. The molecule has 0 bridgehead atoms. The molecule has 2 aromatic carbocycles. The van der Waals surface area contributed by atoms with Crippen molar-refractivity contribution in [2.45, 2.75) is 18.4 Å². The van der Waals surface area contributed by atoms with Crippen LogP contribution in [0.15, 0.2) is 42.5 Å². The quantitative estimate of drug-likeness (QED) is 0.854. The van der Waals surface area contributed by atoms with E-state index in [4.69, 9.17) is 0 Å². The number of hydrogen-bond acceptors (Lipinski definition) is 4. The van der Waals surface area contributed by atoms with Gasteiger partial charge in [-0.15, -0.1) is 0 Å². The van der Waals surface area contributed by atoms with E-state index >= 15 is 0 Å². The first-order valence-electron chi connectivity index (χ1n) is 10.7. The van der Waals surface area contributed by atoms with Crippen molar-refractivity contribution in [3.8, 4) is 0 Å². The molecule has 0 saturated carbocycles. The first-order valence-corrected chi connectivity index (χ1v) is 10.7. The molecule has 0 unspecified atom stereocenters. The predicted octanol–water partition coefficient (Wildman–Crippen LogP) is 3.18. The Morgan fingerprint density at radius 1 is 0.862 bits per heavy atom. The largest absolute Gasteiger partial charge is 0.337 e. The Kier molecular flexibility index (Phi) is 5.24. The second-order valence-electron chi connectivity index (χ2n) is 8.40. The van der Waals surface area contributed by atoms with Gasteiger partial charge in [0.05, 0.1) is 0 Å². The number of fused-ring (bicyclic) bond motifs is 3. The van der Waals surface area contributed by atoms with Gasteiger partial charge in [-0.05, 0) is 54.4 Å². The number of halogens is 2. The van der Waals surface area contributed by atoms with Gasteiger partial charge in [-0.25, -0.2) is 8.78 Å². The van der Waals surface area contributed by atoms with Crippen LogP contribution in [0.2, 0.25) is 0 Å². The van der Waals surface area contributed by atoms with Crippen molar-refractivity contribution in [3.05, 3.63) is 59.7 Å². The first-order chi connectivity index (χ1) is 14.2. The molecule has 2 atom stereocenters. The molecule has 2 aromatic rings. The molecule has 29 heavy (non-hydrogen) atoms. The molecule has 3 aliphatic heterocycles. The Balaban J connectivity index is 1.36. The normalized spacial score (nSPS) is 25.1. The average molecular weight is 399 g/mol. The zero-order valence-electron chi connectivity index (χ0n) is 16.7. The molecule has 0 aromatic heterocycles. The molecular formula is C23H28F2N4. The van der Waals surface area contributed by atoms with Gasteiger partial charge in [-0.3, -0.25) is 4.90 Å². The minimum Gasteiger partial charge on any atom is -0.337 e. The Bertz CT molecular complexity index is 850. The fourth-order valence-corrected chi connectivity index (χ4v) is 5.20. The zero-order valence-corrected chi connectivity index (χ0v) is 16.7. The highest BCUT2D eigenvalue weighted by molar-refractivity contribution is 5.73. The van der Waals surface area contributed by atoms with Crippen LogP contribution in [0.5, 0.6) is 0 Å². The van der Waals surface area contributed by atoms with Crippen LogP contribution in [-0.2, 0) is 0 Å². The lowest BCUT2D eigenvalue weighted by Crippen LogP contribution is -2.49. The molecule has 154 valence electrons. The van der Waals surface area contributed by atoms with Gasteiger partial charge in [0.2, 0.25) is 0 Å². The van der Waals surface area contributed by atoms with E-state index in [1.54, 1.807) is 6.07 Å². The molecule has 4 nitrogen and oxygen atoms in total. The topological polar surface area (TPSA) is 21.8 Å². The molecule has 0 amide bonds. The van der Waals surface area contributed by atoms with Crippen LogP contribution in [0, 0.1) is 11.6 Å². The molecule has 2 fully saturated rings. The number of anilines is 2. The van der Waals surface area contributed by atoms with Crippen LogP contribution < -0.4 is 10.2 Å². The molecule has 3 heterocycles. The van der Waals surface area contributed by atoms with Gasteiger partial charge in [0.1, 0.15) is 11.6 Å². The van der Waals surface area contributed by atoms with E-state index in [1.165, 1.54) is 18.2 Å². The summed E-state index contributed by atoms with van der Waals surface area (Å²) in [5, 5.41) is 3.40. The first kappa shape index (κ1) is 19.0.